The number of nitrogens with one attached hydrogen (secondary N) is 2. The quantitative estimate of drug-likeness (QED) is 0.798. The predicted molar refractivity (Wildman–Crippen MR) is 82.4 cm³/mol. The second-order valence-electron chi connectivity index (χ2n) is 4.51. The second-order valence-corrected chi connectivity index (χ2v) is 4.85. The van der Waals surface area contributed by atoms with Crippen molar-refractivity contribution in [3.05, 3.63) is 11.1 Å². The first kappa shape index (κ1) is 14.7. The predicted octanol–water partition coefficient (Wildman–Crippen LogP) is 3.03. The molecule has 0 unspecified atom stereocenters. The number of aromatic nitrogens is 4. The molecule has 2 N–H and O–H groups in total. The molecule has 0 aliphatic rings. The molecular weight excluding hydrogens is 276 g/mol. The van der Waals surface area contributed by atoms with E-state index in [0.717, 1.165) is 25.9 Å². The minimum Gasteiger partial charge on any atom is -0.368 e. The summed E-state index contributed by atoms with van der Waals surface area (Å²) >= 11 is 6.00. The number of hydrogen-bond donors (Lipinski definition) is 2. The van der Waals surface area contributed by atoms with Gasteiger partial charge in [-0.1, -0.05) is 13.8 Å². The molecule has 0 saturated carbocycles. The van der Waals surface area contributed by atoms with E-state index in [-0.39, 0.29) is 5.28 Å². The van der Waals surface area contributed by atoms with Crippen LogP contribution >= 0.6 is 11.6 Å². The van der Waals surface area contributed by atoms with Crippen molar-refractivity contribution in [2.24, 2.45) is 0 Å². The molecule has 0 amide bonds. The zero-order valence-electron chi connectivity index (χ0n) is 12.0. The number of anilines is 2. The van der Waals surface area contributed by atoms with Gasteiger partial charge in [0.05, 0.1) is 0 Å². The number of fused-ring (bicyclic) bond motifs is 1. The van der Waals surface area contributed by atoms with E-state index in [2.05, 4.69) is 44.4 Å². The third kappa shape index (κ3) is 3.25. The summed E-state index contributed by atoms with van der Waals surface area (Å²) in [7, 11) is 0. The van der Waals surface area contributed by atoms with Gasteiger partial charge in [-0.2, -0.15) is 4.98 Å². The smallest absolute Gasteiger partial charge is 0.225 e. The molecule has 2 aromatic rings. The standard InChI is InChI=1S/C13H19ClN6/c1-4-6-15-11-10-9(17-8(3)18-11)12(16-7-5-2)20-13(14)19-10/h4-7H2,1-3H3,(H,15,17,18)(H,16,19,20). The zero-order valence-corrected chi connectivity index (χ0v) is 12.8. The maximum atomic E-state index is 6.00. The van der Waals surface area contributed by atoms with Gasteiger partial charge in [-0.15, -0.1) is 0 Å². The Morgan fingerprint density at radius 3 is 2.00 bits per heavy atom. The molecule has 0 fully saturated rings. The van der Waals surface area contributed by atoms with Crippen molar-refractivity contribution < 1.29 is 0 Å². The molecular formula is C13H19ClN6. The Labute approximate surface area is 123 Å². The van der Waals surface area contributed by atoms with Crippen LogP contribution in [0.25, 0.3) is 11.0 Å². The van der Waals surface area contributed by atoms with Gasteiger partial charge in [0.2, 0.25) is 5.28 Å². The van der Waals surface area contributed by atoms with E-state index in [1.807, 2.05) is 6.92 Å². The van der Waals surface area contributed by atoms with Gasteiger partial charge in [-0.05, 0) is 31.4 Å². The Kier molecular flexibility index (Phi) is 4.89. The van der Waals surface area contributed by atoms with Crippen LogP contribution in [0.3, 0.4) is 0 Å². The Bertz CT molecular complexity index is 548. The summed E-state index contributed by atoms with van der Waals surface area (Å²) in [6.07, 6.45) is 2.00. The molecule has 0 aliphatic carbocycles. The summed E-state index contributed by atoms with van der Waals surface area (Å²) in [5.74, 6) is 2.05. The summed E-state index contributed by atoms with van der Waals surface area (Å²) in [6, 6.07) is 0. The van der Waals surface area contributed by atoms with Crippen LogP contribution in [0.1, 0.15) is 32.5 Å². The SMILES string of the molecule is CCCNc1nc(Cl)nc2c(NCCC)nc(C)nc12. The summed E-state index contributed by atoms with van der Waals surface area (Å²) in [5.41, 5.74) is 1.36. The van der Waals surface area contributed by atoms with Crippen LogP contribution in [-0.2, 0) is 0 Å². The Balaban J connectivity index is 2.55. The van der Waals surface area contributed by atoms with E-state index in [1.165, 1.54) is 0 Å². The summed E-state index contributed by atoms with van der Waals surface area (Å²) in [6.45, 7) is 7.68. The Morgan fingerprint density at radius 2 is 1.40 bits per heavy atom. The number of halogens is 1. The topological polar surface area (TPSA) is 75.6 Å². The fourth-order valence-electron chi connectivity index (χ4n) is 1.83. The van der Waals surface area contributed by atoms with E-state index < -0.39 is 0 Å². The number of nitrogens with zero attached hydrogens (tertiary/aromatic N) is 4. The molecule has 0 spiro atoms. The zero-order chi connectivity index (χ0) is 14.5. The van der Waals surface area contributed by atoms with Crippen LogP contribution < -0.4 is 10.6 Å². The van der Waals surface area contributed by atoms with Gasteiger partial charge in [0.1, 0.15) is 16.9 Å². The molecule has 7 heteroatoms. The number of rotatable bonds is 6. The lowest BCUT2D eigenvalue weighted by molar-refractivity contribution is 0.952. The number of hydrogen-bond acceptors (Lipinski definition) is 6. The van der Waals surface area contributed by atoms with Gasteiger partial charge < -0.3 is 10.6 Å². The van der Waals surface area contributed by atoms with Gasteiger partial charge in [0, 0.05) is 13.1 Å². The van der Waals surface area contributed by atoms with Gasteiger partial charge in [-0.25, -0.2) is 15.0 Å². The van der Waals surface area contributed by atoms with Crippen LogP contribution in [0.5, 0.6) is 0 Å². The van der Waals surface area contributed by atoms with Gasteiger partial charge >= 0.3 is 0 Å². The van der Waals surface area contributed by atoms with Crippen molar-refractivity contribution in [1.82, 2.24) is 19.9 Å². The largest absolute Gasteiger partial charge is 0.368 e. The monoisotopic (exact) mass is 294 g/mol. The highest BCUT2D eigenvalue weighted by molar-refractivity contribution is 6.29. The van der Waals surface area contributed by atoms with Crippen molar-refractivity contribution in [3.63, 3.8) is 0 Å². The fourth-order valence-corrected chi connectivity index (χ4v) is 2.00. The molecule has 0 bridgehead atoms. The molecule has 0 aromatic carbocycles. The minimum atomic E-state index is 0.197. The molecule has 2 aromatic heterocycles. The van der Waals surface area contributed by atoms with E-state index in [9.17, 15) is 0 Å². The molecule has 0 aliphatic heterocycles. The maximum Gasteiger partial charge on any atom is 0.225 e. The average Bonchev–Trinajstić information content (AvgIpc) is 2.43. The van der Waals surface area contributed by atoms with E-state index in [4.69, 9.17) is 11.6 Å². The highest BCUT2D eigenvalue weighted by atomic mass is 35.5. The van der Waals surface area contributed by atoms with Crippen molar-refractivity contribution in [1.29, 1.82) is 0 Å². The van der Waals surface area contributed by atoms with Crippen LogP contribution in [0.15, 0.2) is 0 Å². The van der Waals surface area contributed by atoms with E-state index in [1.54, 1.807) is 0 Å². The molecule has 20 heavy (non-hydrogen) atoms. The minimum absolute atomic E-state index is 0.197. The van der Waals surface area contributed by atoms with E-state index in [0.29, 0.717) is 28.5 Å². The first-order chi connectivity index (χ1) is 9.65. The first-order valence-electron chi connectivity index (χ1n) is 6.85. The van der Waals surface area contributed by atoms with Gasteiger partial charge in [0.25, 0.3) is 0 Å². The second kappa shape index (κ2) is 6.65. The highest BCUT2D eigenvalue weighted by Gasteiger charge is 2.13. The summed E-state index contributed by atoms with van der Waals surface area (Å²) in [4.78, 5) is 17.3. The Hall–Kier alpha value is -1.69. The van der Waals surface area contributed by atoms with Crippen molar-refractivity contribution in [2.75, 3.05) is 23.7 Å². The molecule has 0 radical (unpaired) electrons. The molecule has 6 nitrogen and oxygen atoms in total. The Morgan fingerprint density at radius 1 is 0.850 bits per heavy atom. The molecule has 2 rings (SSSR count). The summed E-state index contributed by atoms with van der Waals surface area (Å²) < 4.78 is 0. The van der Waals surface area contributed by atoms with Crippen LogP contribution in [-0.4, -0.2) is 33.0 Å². The molecule has 0 saturated heterocycles. The summed E-state index contributed by atoms with van der Waals surface area (Å²) in [5, 5.41) is 6.69. The highest BCUT2D eigenvalue weighted by Crippen LogP contribution is 2.25. The van der Waals surface area contributed by atoms with E-state index >= 15 is 0 Å². The first-order valence-corrected chi connectivity index (χ1v) is 7.23. The normalized spacial score (nSPS) is 10.8. The van der Waals surface area contributed by atoms with Gasteiger partial charge in [0.15, 0.2) is 11.6 Å². The molecule has 2 heterocycles. The molecule has 108 valence electrons. The third-order valence-electron chi connectivity index (χ3n) is 2.71. The maximum absolute atomic E-state index is 6.00. The lowest BCUT2D eigenvalue weighted by atomic mass is 10.3. The van der Waals surface area contributed by atoms with Gasteiger partial charge in [-0.3, -0.25) is 0 Å². The van der Waals surface area contributed by atoms with Crippen molar-refractivity contribution in [3.8, 4) is 0 Å². The third-order valence-corrected chi connectivity index (χ3v) is 2.88. The lowest BCUT2D eigenvalue weighted by Crippen LogP contribution is -2.09. The van der Waals surface area contributed by atoms with Crippen molar-refractivity contribution in [2.45, 2.75) is 33.6 Å². The van der Waals surface area contributed by atoms with Crippen LogP contribution in [0.4, 0.5) is 11.6 Å². The fraction of sp³-hybridized carbons (Fsp3) is 0.538. The average molecular weight is 295 g/mol. The lowest BCUT2D eigenvalue weighted by Gasteiger charge is -2.11. The van der Waals surface area contributed by atoms with Crippen molar-refractivity contribution >= 4 is 34.3 Å². The van der Waals surface area contributed by atoms with Crippen LogP contribution in [0, 0.1) is 6.92 Å². The number of aryl methyl sites for hydroxylation is 1. The van der Waals surface area contributed by atoms with Crippen LogP contribution in [0.2, 0.25) is 5.28 Å². The molecule has 0 atom stereocenters.